The number of aromatic nitrogens is 2. The van der Waals surface area contributed by atoms with Crippen molar-refractivity contribution < 1.29 is 14.6 Å². The Morgan fingerprint density at radius 2 is 2.12 bits per heavy atom. The van der Waals surface area contributed by atoms with Gasteiger partial charge < -0.3 is 9.84 Å². The van der Waals surface area contributed by atoms with Crippen LogP contribution in [-0.2, 0) is 4.74 Å². The van der Waals surface area contributed by atoms with Gasteiger partial charge in [-0.1, -0.05) is 0 Å². The summed E-state index contributed by atoms with van der Waals surface area (Å²) in [6.45, 7) is 5.38. The van der Waals surface area contributed by atoms with Gasteiger partial charge in [0, 0.05) is 5.39 Å². The molecule has 17 heavy (non-hydrogen) atoms. The fourth-order valence-electron chi connectivity index (χ4n) is 1.47. The first kappa shape index (κ1) is 11.4. The molecule has 1 aromatic carbocycles. The highest BCUT2D eigenvalue weighted by molar-refractivity contribution is 5.88. The second-order valence-corrected chi connectivity index (χ2v) is 4.78. The second kappa shape index (κ2) is 3.76. The fourth-order valence-corrected chi connectivity index (χ4v) is 1.47. The maximum absolute atomic E-state index is 11.8. The minimum atomic E-state index is -0.563. The standard InChI is InChI=1S/C12H14N2O3/c1-12(2,3)17-11(16)14-10-5-4-9(15)6-8(10)7-13-14/h4-7,15H,1-3H3. The van der Waals surface area contributed by atoms with Gasteiger partial charge in [0.1, 0.15) is 11.4 Å². The van der Waals surface area contributed by atoms with E-state index in [0.29, 0.717) is 10.9 Å². The van der Waals surface area contributed by atoms with E-state index in [0.717, 1.165) is 0 Å². The lowest BCUT2D eigenvalue weighted by Gasteiger charge is -2.19. The van der Waals surface area contributed by atoms with E-state index in [1.807, 2.05) is 0 Å². The first-order chi connectivity index (χ1) is 7.87. The van der Waals surface area contributed by atoms with Gasteiger partial charge in [0.25, 0.3) is 0 Å². The molecule has 0 bridgehead atoms. The van der Waals surface area contributed by atoms with Crippen LogP contribution in [0.1, 0.15) is 20.8 Å². The molecule has 0 aliphatic carbocycles. The Morgan fingerprint density at radius 1 is 1.41 bits per heavy atom. The Hall–Kier alpha value is -2.04. The maximum atomic E-state index is 11.8. The molecule has 0 unspecified atom stereocenters. The summed E-state index contributed by atoms with van der Waals surface area (Å²) in [4.78, 5) is 11.8. The molecule has 0 radical (unpaired) electrons. The van der Waals surface area contributed by atoms with Gasteiger partial charge in [0.15, 0.2) is 0 Å². The molecule has 5 heteroatoms. The van der Waals surface area contributed by atoms with E-state index in [1.165, 1.54) is 16.9 Å². The van der Waals surface area contributed by atoms with Gasteiger partial charge in [-0.2, -0.15) is 9.78 Å². The molecule has 0 fully saturated rings. The van der Waals surface area contributed by atoms with Crippen LogP contribution in [0.3, 0.4) is 0 Å². The Kier molecular flexibility index (Phi) is 2.53. The highest BCUT2D eigenvalue weighted by Gasteiger charge is 2.19. The quantitative estimate of drug-likeness (QED) is 0.760. The van der Waals surface area contributed by atoms with Crippen molar-refractivity contribution in [3.8, 4) is 5.75 Å². The number of carbonyl (C=O) groups is 1. The molecule has 1 heterocycles. The second-order valence-electron chi connectivity index (χ2n) is 4.78. The molecule has 0 spiro atoms. The van der Waals surface area contributed by atoms with E-state index < -0.39 is 11.7 Å². The van der Waals surface area contributed by atoms with Crippen molar-refractivity contribution >= 4 is 17.0 Å². The number of hydrogen-bond acceptors (Lipinski definition) is 4. The number of carbonyl (C=O) groups excluding carboxylic acids is 1. The zero-order valence-corrected chi connectivity index (χ0v) is 9.97. The molecule has 0 saturated carbocycles. The van der Waals surface area contributed by atoms with E-state index in [-0.39, 0.29) is 5.75 Å². The van der Waals surface area contributed by atoms with Crippen LogP contribution >= 0.6 is 0 Å². The van der Waals surface area contributed by atoms with Crippen molar-refractivity contribution in [2.45, 2.75) is 26.4 Å². The van der Waals surface area contributed by atoms with Crippen LogP contribution in [-0.4, -0.2) is 26.6 Å². The Balaban J connectivity index is 2.40. The summed E-state index contributed by atoms with van der Waals surface area (Å²) >= 11 is 0. The van der Waals surface area contributed by atoms with Crippen LogP contribution < -0.4 is 0 Å². The molecule has 90 valence electrons. The van der Waals surface area contributed by atoms with Crippen LogP contribution in [0.2, 0.25) is 0 Å². The number of phenols is 1. The van der Waals surface area contributed by atoms with Gasteiger partial charge in [-0.15, -0.1) is 0 Å². The zero-order valence-electron chi connectivity index (χ0n) is 9.97. The van der Waals surface area contributed by atoms with Gasteiger partial charge >= 0.3 is 6.09 Å². The summed E-state index contributed by atoms with van der Waals surface area (Å²) in [5, 5.41) is 14.0. The van der Waals surface area contributed by atoms with E-state index in [9.17, 15) is 9.90 Å². The molecule has 1 aromatic heterocycles. The fraction of sp³-hybridized carbons (Fsp3) is 0.333. The largest absolute Gasteiger partial charge is 0.508 e. The number of phenolic OH excluding ortho intramolecular Hbond substituents is 1. The minimum absolute atomic E-state index is 0.140. The molecule has 0 atom stereocenters. The first-order valence-electron chi connectivity index (χ1n) is 5.27. The summed E-state index contributed by atoms with van der Waals surface area (Å²) in [7, 11) is 0. The predicted octanol–water partition coefficient (Wildman–Crippen LogP) is 2.53. The predicted molar refractivity (Wildman–Crippen MR) is 63.0 cm³/mol. The number of ether oxygens (including phenoxy) is 1. The monoisotopic (exact) mass is 234 g/mol. The van der Waals surface area contributed by atoms with Crippen LogP contribution in [0.25, 0.3) is 10.9 Å². The number of rotatable bonds is 0. The van der Waals surface area contributed by atoms with Gasteiger partial charge in [-0.05, 0) is 39.0 Å². The first-order valence-corrected chi connectivity index (χ1v) is 5.27. The summed E-state index contributed by atoms with van der Waals surface area (Å²) < 4.78 is 6.40. The molecule has 1 N–H and O–H groups in total. The van der Waals surface area contributed by atoms with Crippen LogP contribution in [0, 0.1) is 0 Å². The third-order valence-corrected chi connectivity index (χ3v) is 2.12. The number of aromatic hydroxyl groups is 1. The molecule has 0 saturated heterocycles. The summed E-state index contributed by atoms with van der Waals surface area (Å²) in [6.07, 6.45) is 0.983. The van der Waals surface area contributed by atoms with Crippen molar-refractivity contribution in [2.24, 2.45) is 0 Å². The van der Waals surface area contributed by atoms with Crippen LogP contribution in [0.4, 0.5) is 4.79 Å². The highest BCUT2D eigenvalue weighted by atomic mass is 16.6. The number of benzene rings is 1. The average molecular weight is 234 g/mol. The van der Waals surface area contributed by atoms with Crippen molar-refractivity contribution in [3.63, 3.8) is 0 Å². The van der Waals surface area contributed by atoms with Gasteiger partial charge in [-0.25, -0.2) is 4.79 Å². The molecule has 2 aromatic rings. The average Bonchev–Trinajstić information content (AvgIpc) is 2.57. The molecular weight excluding hydrogens is 220 g/mol. The lowest BCUT2D eigenvalue weighted by molar-refractivity contribution is 0.0522. The number of hydrogen-bond donors (Lipinski definition) is 1. The van der Waals surface area contributed by atoms with E-state index in [1.54, 1.807) is 32.9 Å². The normalized spacial score (nSPS) is 11.7. The van der Waals surface area contributed by atoms with E-state index >= 15 is 0 Å². The molecule has 5 nitrogen and oxygen atoms in total. The van der Waals surface area contributed by atoms with Gasteiger partial charge in [0.05, 0.1) is 11.7 Å². The van der Waals surface area contributed by atoms with E-state index in [2.05, 4.69) is 5.10 Å². The third-order valence-electron chi connectivity index (χ3n) is 2.12. The van der Waals surface area contributed by atoms with Crippen molar-refractivity contribution in [3.05, 3.63) is 24.4 Å². The molecule has 2 rings (SSSR count). The van der Waals surface area contributed by atoms with E-state index in [4.69, 9.17) is 4.74 Å². The smallest absolute Gasteiger partial charge is 0.435 e. The molecule has 0 amide bonds. The van der Waals surface area contributed by atoms with Crippen LogP contribution in [0.15, 0.2) is 24.4 Å². The maximum Gasteiger partial charge on any atom is 0.435 e. The third kappa shape index (κ3) is 2.38. The highest BCUT2D eigenvalue weighted by Crippen LogP contribution is 2.20. The Labute approximate surface area is 98.6 Å². The van der Waals surface area contributed by atoms with Crippen molar-refractivity contribution in [1.82, 2.24) is 9.78 Å². The SMILES string of the molecule is CC(C)(C)OC(=O)n1ncc2cc(O)ccc21. The summed E-state index contributed by atoms with van der Waals surface area (Å²) in [5.41, 5.74) is 0.0452. The van der Waals surface area contributed by atoms with Crippen molar-refractivity contribution in [1.29, 1.82) is 0 Å². The van der Waals surface area contributed by atoms with Crippen molar-refractivity contribution in [2.75, 3.05) is 0 Å². The van der Waals surface area contributed by atoms with Gasteiger partial charge in [0.2, 0.25) is 0 Å². The molecule has 0 aliphatic rings. The summed E-state index contributed by atoms with van der Waals surface area (Å²) in [5.74, 6) is 0.140. The number of nitrogens with zero attached hydrogens (tertiary/aromatic N) is 2. The number of fused-ring (bicyclic) bond motifs is 1. The van der Waals surface area contributed by atoms with Crippen LogP contribution in [0.5, 0.6) is 5.75 Å². The molecular formula is C12H14N2O3. The topological polar surface area (TPSA) is 64.4 Å². The van der Waals surface area contributed by atoms with Gasteiger partial charge in [-0.3, -0.25) is 0 Å². The summed E-state index contributed by atoms with van der Waals surface area (Å²) in [6, 6.07) is 4.68. The minimum Gasteiger partial charge on any atom is -0.508 e. The lowest BCUT2D eigenvalue weighted by atomic mass is 10.2. The lowest BCUT2D eigenvalue weighted by Crippen LogP contribution is -2.27. The Morgan fingerprint density at radius 3 is 2.76 bits per heavy atom. The molecule has 0 aliphatic heterocycles. The Bertz CT molecular complexity index is 567. The zero-order chi connectivity index (χ0) is 12.6.